The van der Waals surface area contributed by atoms with Gasteiger partial charge in [0.2, 0.25) is 0 Å². The minimum atomic E-state index is -0.363. The molecule has 3 N–H and O–H groups in total. The standard InChI is InChI=1S/C14H23NOS/c1-9(2)6-11(8-15)14(16)13-7-10-4-3-5-12(10)17-13/h7,9,11,14,16H,3-6,8,15H2,1-2H3. The Bertz CT molecular complexity index is 351. The van der Waals surface area contributed by atoms with Gasteiger partial charge in [-0.2, -0.15) is 0 Å². The van der Waals surface area contributed by atoms with Crippen molar-refractivity contribution in [2.45, 2.75) is 45.6 Å². The van der Waals surface area contributed by atoms with E-state index < -0.39 is 0 Å². The van der Waals surface area contributed by atoms with Crippen molar-refractivity contribution in [3.63, 3.8) is 0 Å². The summed E-state index contributed by atoms with van der Waals surface area (Å²) in [5.74, 6) is 0.791. The maximum atomic E-state index is 10.4. The van der Waals surface area contributed by atoms with E-state index in [-0.39, 0.29) is 12.0 Å². The highest BCUT2D eigenvalue weighted by atomic mass is 32.1. The molecule has 0 spiro atoms. The summed E-state index contributed by atoms with van der Waals surface area (Å²) >= 11 is 1.80. The van der Waals surface area contributed by atoms with Crippen LogP contribution >= 0.6 is 11.3 Å². The summed E-state index contributed by atoms with van der Waals surface area (Å²) in [7, 11) is 0. The Labute approximate surface area is 108 Å². The molecule has 1 aromatic rings. The van der Waals surface area contributed by atoms with Crippen molar-refractivity contribution in [2.24, 2.45) is 17.6 Å². The van der Waals surface area contributed by atoms with Gasteiger partial charge in [-0.05, 0) is 49.8 Å². The molecule has 3 heteroatoms. The molecule has 1 heterocycles. The van der Waals surface area contributed by atoms with Gasteiger partial charge in [-0.15, -0.1) is 11.3 Å². The highest BCUT2D eigenvalue weighted by Gasteiger charge is 2.24. The number of rotatable bonds is 5. The Kier molecular flexibility index (Phi) is 4.23. The lowest BCUT2D eigenvalue weighted by Gasteiger charge is -2.22. The van der Waals surface area contributed by atoms with Gasteiger partial charge in [0, 0.05) is 15.7 Å². The van der Waals surface area contributed by atoms with Crippen LogP contribution in [-0.2, 0) is 12.8 Å². The summed E-state index contributed by atoms with van der Waals surface area (Å²) in [5, 5.41) is 10.4. The van der Waals surface area contributed by atoms with E-state index in [1.54, 1.807) is 11.3 Å². The highest BCUT2D eigenvalue weighted by Crippen LogP contribution is 2.37. The quantitative estimate of drug-likeness (QED) is 0.847. The smallest absolute Gasteiger partial charge is 0.0922 e. The van der Waals surface area contributed by atoms with Crippen molar-refractivity contribution in [1.29, 1.82) is 0 Å². The minimum Gasteiger partial charge on any atom is -0.387 e. The molecule has 0 amide bonds. The van der Waals surface area contributed by atoms with E-state index in [0.29, 0.717) is 12.5 Å². The van der Waals surface area contributed by atoms with Gasteiger partial charge in [0.25, 0.3) is 0 Å². The zero-order valence-corrected chi connectivity index (χ0v) is 11.6. The maximum Gasteiger partial charge on any atom is 0.0922 e. The summed E-state index contributed by atoms with van der Waals surface area (Å²) in [5.41, 5.74) is 7.26. The molecule has 2 nitrogen and oxygen atoms in total. The molecule has 2 rings (SSSR count). The third-order valence-electron chi connectivity index (χ3n) is 3.58. The van der Waals surface area contributed by atoms with Crippen molar-refractivity contribution in [1.82, 2.24) is 0 Å². The third kappa shape index (κ3) is 2.90. The second-order valence-electron chi connectivity index (χ2n) is 5.52. The van der Waals surface area contributed by atoms with E-state index in [2.05, 4.69) is 19.9 Å². The Morgan fingerprint density at radius 2 is 2.18 bits per heavy atom. The van der Waals surface area contributed by atoms with Crippen LogP contribution in [0.3, 0.4) is 0 Å². The molecule has 0 bridgehead atoms. The largest absolute Gasteiger partial charge is 0.387 e. The number of thiophene rings is 1. The SMILES string of the molecule is CC(C)CC(CN)C(O)c1cc2c(s1)CCC2. The second-order valence-corrected chi connectivity index (χ2v) is 6.69. The van der Waals surface area contributed by atoms with Gasteiger partial charge in [-0.1, -0.05) is 13.8 Å². The Balaban J connectivity index is 2.08. The predicted octanol–water partition coefficient (Wildman–Crippen LogP) is 2.89. The number of aliphatic hydroxyl groups is 1. The Morgan fingerprint density at radius 1 is 1.41 bits per heavy atom. The molecule has 1 aliphatic rings. The number of hydrogen-bond donors (Lipinski definition) is 2. The molecule has 2 unspecified atom stereocenters. The predicted molar refractivity (Wildman–Crippen MR) is 73.3 cm³/mol. The average Bonchev–Trinajstić information content (AvgIpc) is 2.84. The fourth-order valence-electron chi connectivity index (χ4n) is 2.69. The van der Waals surface area contributed by atoms with E-state index in [1.165, 1.54) is 29.7 Å². The van der Waals surface area contributed by atoms with Crippen molar-refractivity contribution in [2.75, 3.05) is 6.54 Å². The topological polar surface area (TPSA) is 46.2 Å². The lowest BCUT2D eigenvalue weighted by atomic mass is 9.91. The fraction of sp³-hybridized carbons (Fsp3) is 0.714. The van der Waals surface area contributed by atoms with Crippen LogP contribution in [0.1, 0.15) is 48.1 Å². The molecule has 17 heavy (non-hydrogen) atoms. The fourth-order valence-corrected chi connectivity index (χ4v) is 4.03. The second kappa shape index (κ2) is 5.51. The van der Waals surface area contributed by atoms with E-state index in [9.17, 15) is 5.11 Å². The summed E-state index contributed by atoms with van der Waals surface area (Å²) < 4.78 is 0. The zero-order chi connectivity index (χ0) is 12.4. The number of nitrogens with two attached hydrogens (primary N) is 1. The molecule has 1 aromatic heterocycles. The lowest BCUT2D eigenvalue weighted by molar-refractivity contribution is 0.103. The molecule has 0 aliphatic heterocycles. The van der Waals surface area contributed by atoms with Gasteiger partial charge in [0.05, 0.1) is 6.10 Å². The lowest BCUT2D eigenvalue weighted by Crippen LogP contribution is -2.23. The van der Waals surface area contributed by atoms with Gasteiger partial charge in [-0.25, -0.2) is 0 Å². The highest BCUT2D eigenvalue weighted by molar-refractivity contribution is 7.12. The van der Waals surface area contributed by atoms with Gasteiger partial charge in [0.1, 0.15) is 0 Å². The summed E-state index contributed by atoms with van der Waals surface area (Å²) in [6.07, 6.45) is 4.31. The van der Waals surface area contributed by atoms with Crippen molar-refractivity contribution in [3.8, 4) is 0 Å². The molecule has 1 aliphatic carbocycles. The summed E-state index contributed by atoms with van der Waals surface area (Å²) in [4.78, 5) is 2.62. The van der Waals surface area contributed by atoms with Crippen molar-refractivity contribution >= 4 is 11.3 Å². The van der Waals surface area contributed by atoms with E-state index in [4.69, 9.17) is 5.73 Å². The molecule has 0 aromatic carbocycles. The van der Waals surface area contributed by atoms with Crippen LogP contribution in [-0.4, -0.2) is 11.7 Å². The van der Waals surface area contributed by atoms with Gasteiger partial charge in [0.15, 0.2) is 0 Å². The molecule has 0 fully saturated rings. The Morgan fingerprint density at radius 3 is 2.76 bits per heavy atom. The maximum absolute atomic E-state index is 10.4. The van der Waals surface area contributed by atoms with Crippen LogP contribution in [0, 0.1) is 11.8 Å². The van der Waals surface area contributed by atoms with Crippen molar-refractivity contribution < 1.29 is 5.11 Å². The number of aryl methyl sites for hydroxylation is 2. The van der Waals surface area contributed by atoms with E-state index in [1.807, 2.05) is 0 Å². The van der Waals surface area contributed by atoms with Gasteiger partial charge >= 0.3 is 0 Å². The first-order chi connectivity index (χ1) is 8.11. The average molecular weight is 253 g/mol. The first kappa shape index (κ1) is 13.1. The number of fused-ring (bicyclic) bond motifs is 1. The molecular formula is C14H23NOS. The third-order valence-corrected chi connectivity index (χ3v) is 4.89. The number of aliphatic hydroxyl groups excluding tert-OH is 1. The first-order valence-corrected chi connectivity index (χ1v) is 7.43. The molecule has 0 saturated carbocycles. The minimum absolute atomic E-state index is 0.203. The van der Waals surface area contributed by atoms with Crippen LogP contribution < -0.4 is 5.73 Å². The molecule has 0 radical (unpaired) electrons. The summed E-state index contributed by atoms with van der Waals surface area (Å²) in [6, 6.07) is 2.21. The van der Waals surface area contributed by atoms with Crippen LogP contribution in [0.2, 0.25) is 0 Å². The van der Waals surface area contributed by atoms with Crippen LogP contribution in [0.25, 0.3) is 0 Å². The van der Waals surface area contributed by atoms with E-state index in [0.717, 1.165) is 11.3 Å². The first-order valence-electron chi connectivity index (χ1n) is 6.61. The number of hydrogen-bond acceptors (Lipinski definition) is 3. The Hall–Kier alpha value is -0.380. The van der Waals surface area contributed by atoms with E-state index >= 15 is 0 Å². The molecular weight excluding hydrogens is 230 g/mol. The zero-order valence-electron chi connectivity index (χ0n) is 10.8. The monoisotopic (exact) mass is 253 g/mol. The molecule has 96 valence electrons. The van der Waals surface area contributed by atoms with Gasteiger partial charge < -0.3 is 10.8 Å². The molecule has 0 saturated heterocycles. The van der Waals surface area contributed by atoms with Crippen LogP contribution in [0.15, 0.2) is 6.07 Å². The van der Waals surface area contributed by atoms with Gasteiger partial charge in [-0.3, -0.25) is 0 Å². The molecule has 2 atom stereocenters. The van der Waals surface area contributed by atoms with Crippen LogP contribution in [0.4, 0.5) is 0 Å². The van der Waals surface area contributed by atoms with Crippen molar-refractivity contribution in [3.05, 3.63) is 21.4 Å². The summed E-state index contributed by atoms with van der Waals surface area (Å²) in [6.45, 7) is 4.94. The van der Waals surface area contributed by atoms with Crippen LogP contribution in [0.5, 0.6) is 0 Å². The normalized spacial score (nSPS) is 18.4.